The lowest BCUT2D eigenvalue weighted by atomic mass is 9.61. The largest absolute Gasteiger partial charge is 0.348 e. The van der Waals surface area contributed by atoms with Crippen LogP contribution in [-0.2, 0) is 19.5 Å². The monoisotopic (exact) mass is 431 g/mol. The fourth-order valence-corrected chi connectivity index (χ4v) is 7.86. The van der Waals surface area contributed by atoms with Gasteiger partial charge in [0.05, 0.1) is 18.1 Å². The third-order valence-electron chi connectivity index (χ3n) is 7.94. The van der Waals surface area contributed by atoms with Crippen molar-refractivity contribution in [2.45, 2.75) is 69.0 Å². The van der Waals surface area contributed by atoms with Crippen LogP contribution in [0.15, 0.2) is 40.8 Å². The molecule has 2 aliphatic heterocycles. The van der Waals surface area contributed by atoms with Gasteiger partial charge < -0.3 is 9.47 Å². The van der Waals surface area contributed by atoms with Crippen LogP contribution >= 0.6 is 0 Å². The van der Waals surface area contributed by atoms with Crippen molar-refractivity contribution in [3.63, 3.8) is 0 Å². The number of hydrogen-bond donors (Lipinski definition) is 0. The maximum atomic E-state index is 13.3. The van der Waals surface area contributed by atoms with Gasteiger partial charge in [-0.1, -0.05) is 29.3 Å². The van der Waals surface area contributed by atoms with Crippen molar-refractivity contribution in [2.75, 3.05) is 26.3 Å². The Balaban J connectivity index is 1.34. The van der Waals surface area contributed by atoms with E-state index in [2.05, 4.69) is 6.08 Å². The maximum Gasteiger partial charge on any atom is 0.243 e. The topological polar surface area (TPSA) is 55.8 Å². The highest BCUT2D eigenvalue weighted by molar-refractivity contribution is 7.89. The summed E-state index contributed by atoms with van der Waals surface area (Å²) >= 11 is 0. The lowest BCUT2D eigenvalue weighted by molar-refractivity contribution is -0.202. The quantitative estimate of drug-likeness (QED) is 0.651. The van der Waals surface area contributed by atoms with E-state index in [-0.39, 0.29) is 11.2 Å². The molecule has 1 aromatic rings. The molecule has 0 aromatic heterocycles. The Kier molecular flexibility index (Phi) is 5.33. The van der Waals surface area contributed by atoms with Crippen LogP contribution in [-0.4, -0.2) is 44.8 Å². The van der Waals surface area contributed by atoms with Crippen molar-refractivity contribution < 1.29 is 17.9 Å². The number of benzene rings is 1. The Bertz CT molecular complexity index is 917. The average molecular weight is 432 g/mol. The van der Waals surface area contributed by atoms with E-state index in [9.17, 15) is 8.42 Å². The molecule has 0 unspecified atom stereocenters. The highest BCUT2D eigenvalue weighted by atomic mass is 32.2. The summed E-state index contributed by atoms with van der Waals surface area (Å²) in [4.78, 5) is 0.415. The van der Waals surface area contributed by atoms with Crippen LogP contribution in [0.4, 0.5) is 0 Å². The molecule has 2 saturated heterocycles. The van der Waals surface area contributed by atoms with Gasteiger partial charge in [-0.2, -0.15) is 4.31 Å². The molecule has 0 amide bonds. The minimum atomic E-state index is -3.43. The van der Waals surface area contributed by atoms with Crippen LogP contribution in [0.3, 0.4) is 0 Å². The van der Waals surface area contributed by atoms with E-state index in [1.165, 1.54) is 0 Å². The van der Waals surface area contributed by atoms with Crippen LogP contribution in [0.5, 0.6) is 0 Å². The van der Waals surface area contributed by atoms with Gasteiger partial charge in [-0.15, -0.1) is 0 Å². The molecule has 1 aromatic carbocycles. The number of nitrogens with zero attached hydrogens (tertiary/aromatic N) is 1. The Hall–Kier alpha value is -1.21. The number of rotatable bonds is 2. The molecular formula is C24H33NO4S. The first-order valence-electron chi connectivity index (χ1n) is 11.5. The van der Waals surface area contributed by atoms with Crippen molar-refractivity contribution >= 4 is 10.0 Å². The van der Waals surface area contributed by atoms with E-state index < -0.39 is 10.0 Å². The normalized spacial score (nSPS) is 32.0. The van der Waals surface area contributed by atoms with Gasteiger partial charge in [0.15, 0.2) is 5.79 Å². The van der Waals surface area contributed by atoms with E-state index in [0.29, 0.717) is 37.1 Å². The predicted octanol–water partition coefficient (Wildman–Crippen LogP) is 4.42. The molecule has 2 atom stereocenters. The van der Waals surface area contributed by atoms with Crippen LogP contribution in [0.1, 0.15) is 56.9 Å². The number of aryl methyl sites for hydroxylation is 1. The summed E-state index contributed by atoms with van der Waals surface area (Å²) in [6, 6.07) is 7.25. The van der Waals surface area contributed by atoms with E-state index >= 15 is 0 Å². The Morgan fingerprint density at radius 3 is 2.50 bits per heavy atom. The number of ether oxygens (including phenoxy) is 2. The van der Waals surface area contributed by atoms with E-state index in [1.54, 1.807) is 22.0 Å². The van der Waals surface area contributed by atoms with Crippen molar-refractivity contribution in [3.8, 4) is 0 Å². The molecule has 30 heavy (non-hydrogen) atoms. The Morgan fingerprint density at radius 1 is 1.00 bits per heavy atom. The molecule has 5 rings (SSSR count). The SMILES string of the molecule is Cc1ccc(S(=O)(=O)N2CCCC3=CC[C@@H]4CC5(CC[C@]34CCC2)OCCO5)cc1. The summed E-state index contributed by atoms with van der Waals surface area (Å²) < 4.78 is 40.3. The summed E-state index contributed by atoms with van der Waals surface area (Å²) in [5, 5.41) is 0. The molecule has 2 spiro atoms. The highest BCUT2D eigenvalue weighted by Crippen LogP contribution is 2.60. The van der Waals surface area contributed by atoms with Crippen molar-refractivity contribution in [3.05, 3.63) is 41.5 Å². The van der Waals surface area contributed by atoms with Crippen LogP contribution in [0.2, 0.25) is 0 Å². The molecule has 0 N–H and O–H groups in total. The molecule has 0 bridgehead atoms. The van der Waals surface area contributed by atoms with Gasteiger partial charge in [0.1, 0.15) is 0 Å². The van der Waals surface area contributed by atoms with Crippen LogP contribution < -0.4 is 0 Å². The number of hydrogen-bond acceptors (Lipinski definition) is 4. The molecule has 1 saturated carbocycles. The summed E-state index contributed by atoms with van der Waals surface area (Å²) in [6.45, 7) is 4.62. The van der Waals surface area contributed by atoms with Crippen molar-refractivity contribution in [1.29, 1.82) is 0 Å². The minimum Gasteiger partial charge on any atom is -0.348 e. The molecule has 2 heterocycles. The van der Waals surface area contributed by atoms with Crippen molar-refractivity contribution in [1.82, 2.24) is 4.31 Å². The van der Waals surface area contributed by atoms with Crippen LogP contribution in [0, 0.1) is 18.3 Å². The molecule has 5 nitrogen and oxygen atoms in total. The first-order valence-corrected chi connectivity index (χ1v) is 12.9. The first-order chi connectivity index (χ1) is 14.4. The second-order valence-corrected chi connectivity index (χ2v) is 11.5. The number of sulfonamides is 1. The van der Waals surface area contributed by atoms with Gasteiger partial charge in [0.2, 0.25) is 10.0 Å². The zero-order chi connectivity index (χ0) is 20.8. The summed E-state index contributed by atoms with van der Waals surface area (Å²) in [5.41, 5.74) is 2.88. The maximum absolute atomic E-state index is 13.3. The van der Waals surface area contributed by atoms with Gasteiger partial charge in [-0.25, -0.2) is 8.42 Å². The summed E-state index contributed by atoms with van der Waals surface area (Å²) in [5.74, 6) is 0.220. The van der Waals surface area contributed by atoms with Gasteiger partial charge in [0, 0.05) is 25.9 Å². The van der Waals surface area contributed by atoms with Crippen molar-refractivity contribution in [2.24, 2.45) is 11.3 Å². The second-order valence-electron chi connectivity index (χ2n) is 9.55. The van der Waals surface area contributed by atoms with Gasteiger partial charge >= 0.3 is 0 Å². The van der Waals surface area contributed by atoms with Crippen LogP contribution in [0.25, 0.3) is 0 Å². The van der Waals surface area contributed by atoms with E-state index in [1.807, 2.05) is 19.1 Å². The third kappa shape index (κ3) is 3.46. The third-order valence-corrected chi connectivity index (χ3v) is 9.85. The molecule has 4 aliphatic rings. The smallest absolute Gasteiger partial charge is 0.243 e. The molecule has 6 heteroatoms. The lowest BCUT2D eigenvalue weighted by Gasteiger charge is -2.48. The van der Waals surface area contributed by atoms with Gasteiger partial charge in [-0.05, 0) is 68.9 Å². The number of allylic oxidation sites excluding steroid dienone is 2. The average Bonchev–Trinajstić information content (AvgIpc) is 3.33. The highest BCUT2D eigenvalue weighted by Gasteiger charge is 2.54. The molecule has 2 aliphatic carbocycles. The van der Waals surface area contributed by atoms with E-state index in [4.69, 9.17) is 9.47 Å². The molecular weight excluding hydrogens is 398 g/mol. The molecule has 0 radical (unpaired) electrons. The fraction of sp³-hybridized carbons (Fsp3) is 0.667. The molecule has 164 valence electrons. The lowest BCUT2D eigenvalue weighted by Crippen LogP contribution is -2.45. The minimum absolute atomic E-state index is 0.226. The standard InChI is InChI=1S/C24H33NO4S/c1-19-5-9-22(10-6-19)30(26,27)25-14-2-4-20-7-8-21-18-24(28-16-17-29-24)13-12-23(20,21)11-3-15-25/h5-7,9-10,21H,2-4,8,11-18H2,1H3/t21-,23-/m1/s1. The summed E-state index contributed by atoms with van der Waals surface area (Å²) in [7, 11) is -3.43. The Labute approximate surface area is 180 Å². The second kappa shape index (κ2) is 7.73. The summed E-state index contributed by atoms with van der Waals surface area (Å²) in [6.07, 6.45) is 10.5. The molecule has 3 fully saturated rings. The predicted molar refractivity (Wildman–Crippen MR) is 116 cm³/mol. The van der Waals surface area contributed by atoms with Gasteiger partial charge in [-0.3, -0.25) is 0 Å². The van der Waals surface area contributed by atoms with Gasteiger partial charge in [0.25, 0.3) is 0 Å². The zero-order valence-corrected chi connectivity index (χ0v) is 18.8. The Morgan fingerprint density at radius 2 is 1.73 bits per heavy atom. The first kappa shape index (κ1) is 20.7. The zero-order valence-electron chi connectivity index (χ0n) is 17.9. The fourth-order valence-electron chi connectivity index (χ4n) is 6.34. The van der Waals surface area contributed by atoms with E-state index in [0.717, 1.165) is 56.9 Å².